The van der Waals surface area contributed by atoms with Gasteiger partial charge in [0.1, 0.15) is 11.9 Å². The molecule has 2 N–H and O–H groups in total. The molecule has 8 heteroatoms. The molecule has 0 bridgehead atoms. The van der Waals surface area contributed by atoms with Gasteiger partial charge in [0.25, 0.3) is 0 Å². The fourth-order valence-electron chi connectivity index (χ4n) is 3.23. The van der Waals surface area contributed by atoms with Gasteiger partial charge in [-0.2, -0.15) is 5.10 Å². The highest BCUT2D eigenvalue weighted by atomic mass is 16.5. The third kappa shape index (κ3) is 3.60. The lowest BCUT2D eigenvalue weighted by molar-refractivity contribution is -0.125. The Balaban J connectivity index is 1.58. The molecule has 0 aliphatic carbocycles. The maximum absolute atomic E-state index is 12.9. The van der Waals surface area contributed by atoms with E-state index in [1.807, 2.05) is 30.3 Å². The average molecular weight is 390 g/mol. The molecule has 2 heterocycles. The summed E-state index contributed by atoms with van der Waals surface area (Å²) in [5.74, 6) is -0.582. The van der Waals surface area contributed by atoms with E-state index >= 15 is 0 Å². The molecule has 146 valence electrons. The molecule has 2 amide bonds. The van der Waals surface area contributed by atoms with Gasteiger partial charge in [-0.05, 0) is 29.8 Å². The molecule has 1 aliphatic heterocycles. The summed E-state index contributed by atoms with van der Waals surface area (Å²) in [5.41, 5.74) is 2.53. The van der Waals surface area contributed by atoms with Crippen LogP contribution in [-0.2, 0) is 14.3 Å². The molecule has 0 spiro atoms. The van der Waals surface area contributed by atoms with Crippen LogP contribution >= 0.6 is 0 Å². The van der Waals surface area contributed by atoms with Crippen molar-refractivity contribution in [1.82, 2.24) is 9.78 Å². The van der Waals surface area contributed by atoms with Crippen molar-refractivity contribution in [2.24, 2.45) is 0 Å². The van der Waals surface area contributed by atoms with E-state index in [2.05, 4.69) is 20.5 Å². The summed E-state index contributed by atoms with van der Waals surface area (Å²) in [4.78, 5) is 36.6. The predicted molar refractivity (Wildman–Crippen MR) is 106 cm³/mol. The SMILES string of the molecule is COC(=O)c1ccc(NC(=O)[C@@H]2CC(=O)Nc3c(-c4ccccc4)cnn32)cc1. The van der Waals surface area contributed by atoms with Crippen molar-refractivity contribution in [3.63, 3.8) is 0 Å². The molecule has 1 atom stereocenters. The zero-order chi connectivity index (χ0) is 20.4. The van der Waals surface area contributed by atoms with Crippen molar-refractivity contribution in [3.05, 3.63) is 66.4 Å². The molecule has 0 fully saturated rings. The number of nitrogens with one attached hydrogen (secondary N) is 2. The molecule has 1 aliphatic rings. The lowest BCUT2D eigenvalue weighted by Gasteiger charge is -2.24. The monoisotopic (exact) mass is 390 g/mol. The lowest BCUT2D eigenvalue weighted by Crippen LogP contribution is -2.35. The first-order valence-electron chi connectivity index (χ1n) is 8.99. The van der Waals surface area contributed by atoms with Gasteiger partial charge in [0.2, 0.25) is 11.8 Å². The van der Waals surface area contributed by atoms with Crippen LogP contribution in [0.4, 0.5) is 11.5 Å². The number of benzene rings is 2. The van der Waals surface area contributed by atoms with Crippen LogP contribution in [0.2, 0.25) is 0 Å². The number of methoxy groups -OCH3 is 1. The predicted octanol–water partition coefficient (Wildman–Crippen LogP) is 2.86. The second-order valence-corrected chi connectivity index (χ2v) is 6.54. The van der Waals surface area contributed by atoms with Crippen LogP contribution in [0.25, 0.3) is 11.1 Å². The Labute approximate surface area is 166 Å². The highest BCUT2D eigenvalue weighted by Crippen LogP contribution is 2.34. The zero-order valence-electron chi connectivity index (χ0n) is 15.6. The highest BCUT2D eigenvalue weighted by molar-refractivity contribution is 6.03. The minimum Gasteiger partial charge on any atom is -0.465 e. The van der Waals surface area contributed by atoms with Gasteiger partial charge < -0.3 is 15.4 Å². The highest BCUT2D eigenvalue weighted by Gasteiger charge is 2.33. The van der Waals surface area contributed by atoms with Gasteiger partial charge >= 0.3 is 5.97 Å². The number of anilines is 2. The molecule has 0 saturated carbocycles. The quantitative estimate of drug-likeness (QED) is 0.667. The standard InChI is InChI=1S/C21H18N4O4/c1-29-21(28)14-7-9-15(10-8-14)23-20(27)17-11-18(26)24-19-16(12-22-25(17)19)13-5-3-2-4-6-13/h2-10,12,17H,11H2,1H3,(H,23,27)(H,24,26)/t17-/m0/s1. The van der Waals surface area contributed by atoms with E-state index in [4.69, 9.17) is 0 Å². The largest absolute Gasteiger partial charge is 0.465 e. The van der Waals surface area contributed by atoms with E-state index in [0.29, 0.717) is 17.1 Å². The normalized spacial score (nSPS) is 15.2. The molecule has 0 radical (unpaired) electrons. The number of esters is 1. The van der Waals surface area contributed by atoms with Crippen LogP contribution in [0, 0.1) is 0 Å². The number of carbonyl (C=O) groups is 3. The molecule has 2 aromatic carbocycles. The van der Waals surface area contributed by atoms with Gasteiger partial charge in [-0.1, -0.05) is 30.3 Å². The fourth-order valence-corrected chi connectivity index (χ4v) is 3.23. The van der Waals surface area contributed by atoms with Gasteiger partial charge in [-0.15, -0.1) is 0 Å². The number of carbonyl (C=O) groups excluding carboxylic acids is 3. The number of hydrogen-bond donors (Lipinski definition) is 2. The average Bonchev–Trinajstić information content (AvgIpc) is 3.17. The van der Waals surface area contributed by atoms with Crippen LogP contribution in [0.1, 0.15) is 22.8 Å². The first-order chi connectivity index (χ1) is 14.1. The van der Waals surface area contributed by atoms with Gasteiger partial charge in [-0.3, -0.25) is 9.59 Å². The third-order valence-corrected chi connectivity index (χ3v) is 4.69. The van der Waals surface area contributed by atoms with E-state index in [9.17, 15) is 14.4 Å². The lowest BCUT2D eigenvalue weighted by atomic mass is 10.1. The summed E-state index contributed by atoms with van der Waals surface area (Å²) in [7, 11) is 1.30. The smallest absolute Gasteiger partial charge is 0.337 e. The van der Waals surface area contributed by atoms with Gasteiger partial charge in [0, 0.05) is 11.3 Å². The molecule has 0 unspecified atom stereocenters. The minimum atomic E-state index is -0.781. The number of nitrogens with zero attached hydrogens (tertiary/aromatic N) is 2. The molecular weight excluding hydrogens is 372 g/mol. The summed E-state index contributed by atoms with van der Waals surface area (Å²) in [6.07, 6.45) is 1.62. The fraction of sp³-hybridized carbons (Fsp3) is 0.143. The van der Waals surface area contributed by atoms with Crippen molar-refractivity contribution in [1.29, 1.82) is 0 Å². The van der Waals surface area contributed by atoms with Crippen molar-refractivity contribution < 1.29 is 19.1 Å². The first kappa shape index (κ1) is 18.4. The van der Waals surface area contributed by atoms with Crippen LogP contribution in [0.5, 0.6) is 0 Å². The summed E-state index contributed by atoms with van der Waals surface area (Å²) in [6, 6.07) is 15.1. The van der Waals surface area contributed by atoms with E-state index in [1.54, 1.807) is 30.5 Å². The van der Waals surface area contributed by atoms with E-state index in [-0.39, 0.29) is 18.2 Å². The summed E-state index contributed by atoms with van der Waals surface area (Å²) >= 11 is 0. The van der Waals surface area contributed by atoms with Crippen LogP contribution in [0.15, 0.2) is 60.8 Å². The number of amides is 2. The molecule has 3 aromatic rings. The second kappa shape index (κ2) is 7.59. The third-order valence-electron chi connectivity index (χ3n) is 4.69. The molecule has 4 rings (SSSR count). The van der Waals surface area contributed by atoms with Crippen molar-refractivity contribution >= 4 is 29.3 Å². The van der Waals surface area contributed by atoms with Crippen LogP contribution < -0.4 is 10.6 Å². The van der Waals surface area contributed by atoms with Gasteiger partial charge in [-0.25, -0.2) is 9.48 Å². The molecular formula is C21H18N4O4. The van der Waals surface area contributed by atoms with Crippen molar-refractivity contribution in [2.45, 2.75) is 12.5 Å². The molecule has 0 saturated heterocycles. The Kier molecular flexibility index (Phi) is 4.82. The Morgan fingerprint density at radius 1 is 1.14 bits per heavy atom. The van der Waals surface area contributed by atoms with E-state index in [0.717, 1.165) is 11.1 Å². The van der Waals surface area contributed by atoms with E-state index in [1.165, 1.54) is 11.8 Å². The number of ether oxygens (including phenoxy) is 1. The Morgan fingerprint density at radius 3 is 2.55 bits per heavy atom. The second-order valence-electron chi connectivity index (χ2n) is 6.54. The van der Waals surface area contributed by atoms with Gasteiger partial charge in [0.05, 0.1) is 25.3 Å². The van der Waals surface area contributed by atoms with Crippen molar-refractivity contribution in [2.75, 3.05) is 17.7 Å². The topological polar surface area (TPSA) is 102 Å². The number of rotatable bonds is 4. The Hall–Kier alpha value is -3.94. The van der Waals surface area contributed by atoms with Crippen LogP contribution in [0.3, 0.4) is 0 Å². The first-order valence-corrected chi connectivity index (χ1v) is 8.99. The molecule has 1 aromatic heterocycles. The van der Waals surface area contributed by atoms with E-state index < -0.39 is 12.0 Å². The Bertz CT molecular complexity index is 1070. The number of hydrogen-bond acceptors (Lipinski definition) is 5. The zero-order valence-corrected chi connectivity index (χ0v) is 15.6. The number of aromatic nitrogens is 2. The summed E-state index contributed by atoms with van der Waals surface area (Å²) in [5, 5.41) is 9.93. The molecule has 29 heavy (non-hydrogen) atoms. The molecule has 8 nitrogen and oxygen atoms in total. The summed E-state index contributed by atoms with van der Waals surface area (Å²) < 4.78 is 6.19. The Morgan fingerprint density at radius 2 is 1.86 bits per heavy atom. The van der Waals surface area contributed by atoms with Crippen LogP contribution in [-0.4, -0.2) is 34.7 Å². The van der Waals surface area contributed by atoms with Crippen molar-refractivity contribution in [3.8, 4) is 11.1 Å². The maximum atomic E-state index is 12.9. The minimum absolute atomic E-state index is 0.0189. The maximum Gasteiger partial charge on any atom is 0.337 e. The van der Waals surface area contributed by atoms with Gasteiger partial charge in [0.15, 0.2) is 0 Å². The number of fused-ring (bicyclic) bond motifs is 1. The summed E-state index contributed by atoms with van der Waals surface area (Å²) in [6.45, 7) is 0.